The lowest BCUT2D eigenvalue weighted by Gasteiger charge is -2.28. The molecule has 1 saturated carbocycles. The van der Waals surface area contributed by atoms with Crippen LogP contribution in [0.3, 0.4) is 0 Å². The summed E-state index contributed by atoms with van der Waals surface area (Å²) >= 11 is 0. The van der Waals surface area contributed by atoms with Gasteiger partial charge in [0.15, 0.2) is 0 Å². The van der Waals surface area contributed by atoms with Crippen LogP contribution in [0.1, 0.15) is 58.3 Å². The van der Waals surface area contributed by atoms with Crippen molar-refractivity contribution in [2.75, 3.05) is 20.1 Å². The molecule has 0 radical (unpaired) electrons. The number of nitrogens with one attached hydrogen (secondary N) is 2. The minimum Gasteiger partial charge on any atom is -0.345 e. The van der Waals surface area contributed by atoms with Crippen molar-refractivity contribution in [2.45, 2.75) is 70.4 Å². The van der Waals surface area contributed by atoms with E-state index in [0.717, 1.165) is 38.8 Å². The maximum Gasteiger partial charge on any atom is 0.245 e. The molecule has 5 nitrogen and oxygen atoms in total. The summed E-state index contributed by atoms with van der Waals surface area (Å²) in [4.78, 5) is 26.6. The second-order valence-corrected chi connectivity index (χ2v) is 6.88. The zero-order valence-corrected chi connectivity index (χ0v) is 14.1. The van der Waals surface area contributed by atoms with Gasteiger partial charge in [-0.1, -0.05) is 19.3 Å². The molecule has 0 aromatic carbocycles. The molecule has 1 saturated heterocycles. The van der Waals surface area contributed by atoms with Gasteiger partial charge in [-0.3, -0.25) is 9.59 Å². The van der Waals surface area contributed by atoms with Crippen LogP contribution >= 0.6 is 0 Å². The number of carbonyl (C=O) groups is 2. The van der Waals surface area contributed by atoms with Crippen LogP contribution in [0.25, 0.3) is 0 Å². The van der Waals surface area contributed by atoms with Gasteiger partial charge in [0.2, 0.25) is 11.8 Å². The zero-order valence-electron chi connectivity index (χ0n) is 14.1. The summed E-state index contributed by atoms with van der Waals surface area (Å²) in [6.07, 6.45) is 8.79. The first-order chi connectivity index (χ1) is 10.6. The molecule has 2 rings (SSSR count). The first kappa shape index (κ1) is 17.3. The van der Waals surface area contributed by atoms with Crippen LogP contribution in [-0.4, -0.2) is 48.9 Å². The average molecular weight is 309 g/mol. The second-order valence-electron chi connectivity index (χ2n) is 6.88. The van der Waals surface area contributed by atoms with Crippen LogP contribution in [0.2, 0.25) is 0 Å². The summed E-state index contributed by atoms with van der Waals surface area (Å²) in [6.45, 7) is 3.46. The van der Waals surface area contributed by atoms with Crippen molar-refractivity contribution in [3.05, 3.63) is 0 Å². The Morgan fingerprint density at radius 3 is 2.55 bits per heavy atom. The Bertz CT molecular complexity index is 380. The van der Waals surface area contributed by atoms with Crippen LogP contribution in [0.5, 0.6) is 0 Å². The quantitative estimate of drug-likeness (QED) is 0.784. The molecular weight excluding hydrogens is 278 g/mol. The second kappa shape index (κ2) is 8.51. The minimum absolute atomic E-state index is 0.0390. The highest BCUT2D eigenvalue weighted by molar-refractivity contribution is 5.87. The van der Waals surface area contributed by atoms with E-state index in [9.17, 15) is 9.59 Å². The molecule has 2 aliphatic rings. The Kier molecular flexibility index (Phi) is 6.68. The van der Waals surface area contributed by atoms with Crippen LogP contribution in [-0.2, 0) is 9.59 Å². The molecule has 5 heteroatoms. The van der Waals surface area contributed by atoms with Gasteiger partial charge in [-0.25, -0.2) is 0 Å². The van der Waals surface area contributed by atoms with Gasteiger partial charge >= 0.3 is 0 Å². The van der Waals surface area contributed by atoms with E-state index in [2.05, 4.69) is 10.6 Å². The van der Waals surface area contributed by atoms with E-state index in [1.165, 1.54) is 19.3 Å². The van der Waals surface area contributed by atoms with E-state index in [0.29, 0.717) is 12.3 Å². The van der Waals surface area contributed by atoms with Crippen molar-refractivity contribution in [1.29, 1.82) is 0 Å². The first-order valence-corrected chi connectivity index (χ1v) is 8.86. The smallest absolute Gasteiger partial charge is 0.245 e. The van der Waals surface area contributed by atoms with Gasteiger partial charge in [0.1, 0.15) is 6.04 Å². The van der Waals surface area contributed by atoms with E-state index >= 15 is 0 Å². The van der Waals surface area contributed by atoms with Gasteiger partial charge in [0.25, 0.3) is 0 Å². The summed E-state index contributed by atoms with van der Waals surface area (Å²) in [6, 6.07) is -0.135. The lowest BCUT2D eigenvalue weighted by Crippen LogP contribution is -2.50. The number of amides is 2. The van der Waals surface area contributed by atoms with Crippen LogP contribution < -0.4 is 10.6 Å². The molecule has 1 aliphatic carbocycles. The Balaban J connectivity index is 1.78. The van der Waals surface area contributed by atoms with Gasteiger partial charge in [-0.15, -0.1) is 0 Å². The fourth-order valence-electron chi connectivity index (χ4n) is 3.84. The highest BCUT2D eigenvalue weighted by Crippen LogP contribution is 2.26. The molecule has 0 spiro atoms. The fraction of sp³-hybridized carbons (Fsp3) is 0.882. The van der Waals surface area contributed by atoms with Crippen molar-refractivity contribution in [2.24, 2.45) is 5.92 Å². The molecule has 0 aromatic rings. The number of likely N-dealkylation sites (tertiary alicyclic amines) is 1. The molecule has 1 heterocycles. The monoisotopic (exact) mass is 309 g/mol. The Hall–Kier alpha value is -1.10. The molecule has 1 aliphatic heterocycles. The number of rotatable bonds is 6. The number of likely N-dealkylation sites (N-methyl/N-ethyl adjacent to an activating group) is 1. The third-order valence-electron chi connectivity index (χ3n) is 5.05. The molecule has 22 heavy (non-hydrogen) atoms. The minimum atomic E-state index is -0.409. The third-order valence-corrected chi connectivity index (χ3v) is 5.05. The number of hydrogen-bond acceptors (Lipinski definition) is 3. The van der Waals surface area contributed by atoms with E-state index in [4.69, 9.17) is 0 Å². The predicted octanol–water partition coefficient (Wildman–Crippen LogP) is 1.67. The third kappa shape index (κ3) is 4.70. The molecule has 2 atom stereocenters. The molecule has 126 valence electrons. The van der Waals surface area contributed by atoms with Crippen LogP contribution in [0, 0.1) is 5.92 Å². The zero-order chi connectivity index (χ0) is 15.9. The molecule has 2 amide bonds. The standard InChI is InChI=1S/C17H31N3O2/c1-13(17(22)20-10-6-9-15(20)12-18-2)19-16(21)11-14-7-4-3-5-8-14/h13-15,18H,3-12H2,1-2H3,(H,19,21). The number of nitrogens with zero attached hydrogens (tertiary/aromatic N) is 1. The van der Waals surface area contributed by atoms with Crippen molar-refractivity contribution in [3.63, 3.8) is 0 Å². The Labute approximate surface area is 134 Å². The normalized spacial score (nSPS) is 24.3. The summed E-state index contributed by atoms with van der Waals surface area (Å²) < 4.78 is 0. The number of hydrogen-bond donors (Lipinski definition) is 2. The van der Waals surface area contributed by atoms with E-state index < -0.39 is 6.04 Å². The maximum atomic E-state index is 12.5. The largest absolute Gasteiger partial charge is 0.345 e. The highest BCUT2D eigenvalue weighted by Gasteiger charge is 2.31. The van der Waals surface area contributed by atoms with Crippen molar-refractivity contribution >= 4 is 11.8 Å². The Morgan fingerprint density at radius 1 is 1.14 bits per heavy atom. The van der Waals surface area contributed by atoms with E-state index in [-0.39, 0.29) is 17.9 Å². The predicted molar refractivity (Wildman–Crippen MR) is 87.5 cm³/mol. The van der Waals surface area contributed by atoms with Gasteiger partial charge in [-0.05, 0) is 45.6 Å². The summed E-state index contributed by atoms with van der Waals surface area (Å²) in [5.41, 5.74) is 0. The lowest BCUT2D eigenvalue weighted by atomic mass is 9.87. The molecule has 2 fully saturated rings. The SMILES string of the molecule is CNCC1CCCN1C(=O)C(C)NC(=O)CC1CCCCC1. The lowest BCUT2D eigenvalue weighted by molar-refractivity contribution is -0.136. The van der Waals surface area contributed by atoms with Crippen molar-refractivity contribution < 1.29 is 9.59 Å². The maximum absolute atomic E-state index is 12.5. The summed E-state index contributed by atoms with van der Waals surface area (Å²) in [5.74, 6) is 0.617. The summed E-state index contributed by atoms with van der Waals surface area (Å²) in [7, 11) is 1.91. The fourth-order valence-corrected chi connectivity index (χ4v) is 3.84. The van der Waals surface area contributed by atoms with Gasteiger partial charge in [0, 0.05) is 25.6 Å². The van der Waals surface area contributed by atoms with Gasteiger partial charge in [-0.2, -0.15) is 0 Å². The topological polar surface area (TPSA) is 61.4 Å². The van der Waals surface area contributed by atoms with E-state index in [1.807, 2.05) is 18.9 Å². The van der Waals surface area contributed by atoms with Crippen molar-refractivity contribution in [3.8, 4) is 0 Å². The average Bonchev–Trinajstić information content (AvgIpc) is 2.96. The summed E-state index contributed by atoms with van der Waals surface area (Å²) in [5, 5.41) is 6.06. The molecular formula is C17H31N3O2. The molecule has 2 N–H and O–H groups in total. The van der Waals surface area contributed by atoms with Crippen LogP contribution in [0.15, 0.2) is 0 Å². The van der Waals surface area contributed by atoms with Crippen LogP contribution in [0.4, 0.5) is 0 Å². The van der Waals surface area contributed by atoms with Crippen molar-refractivity contribution in [1.82, 2.24) is 15.5 Å². The van der Waals surface area contributed by atoms with E-state index in [1.54, 1.807) is 0 Å². The molecule has 0 aromatic heterocycles. The molecule has 2 unspecified atom stereocenters. The molecule has 0 bridgehead atoms. The number of carbonyl (C=O) groups excluding carboxylic acids is 2. The van der Waals surface area contributed by atoms with Gasteiger partial charge in [0.05, 0.1) is 0 Å². The first-order valence-electron chi connectivity index (χ1n) is 8.86. The highest BCUT2D eigenvalue weighted by atomic mass is 16.2. The van der Waals surface area contributed by atoms with Gasteiger partial charge < -0.3 is 15.5 Å². The Morgan fingerprint density at radius 2 is 1.86 bits per heavy atom.